The lowest BCUT2D eigenvalue weighted by Gasteiger charge is -2.40. The van der Waals surface area contributed by atoms with Crippen LogP contribution < -0.4 is 11.1 Å². The molecule has 1 spiro atoms. The molecule has 1 saturated heterocycles. The molecule has 1 aliphatic carbocycles. The number of nitrogens with one attached hydrogen (secondary N) is 1. The van der Waals surface area contributed by atoms with Gasteiger partial charge in [0, 0.05) is 52.8 Å². The molecular formula is C31H26Cl2FN5O2. The van der Waals surface area contributed by atoms with Crippen LogP contribution in [0, 0.1) is 11.7 Å². The van der Waals surface area contributed by atoms with E-state index in [4.69, 9.17) is 33.9 Å². The molecule has 2 fully saturated rings. The van der Waals surface area contributed by atoms with Crippen LogP contribution in [0.2, 0.25) is 10.0 Å². The second-order valence-electron chi connectivity index (χ2n) is 11.7. The summed E-state index contributed by atoms with van der Waals surface area (Å²) in [6.07, 6.45) is 2.96. The van der Waals surface area contributed by atoms with Gasteiger partial charge in [0.25, 0.3) is 0 Å². The molecule has 4 atom stereocenters. The van der Waals surface area contributed by atoms with Crippen LogP contribution in [0.5, 0.6) is 0 Å². The van der Waals surface area contributed by atoms with Crippen LogP contribution in [-0.2, 0) is 16.9 Å². The van der Waals surface area contributed by atoms with Crippen LogP contribution >= 0.6 is 23.2 Å². The van der Waals surface area contributed by atoms with Crippen LogP contribution in [0.3, 0.4) is 0 Å². The summed E-state index contributed by atoms with van der Waals surface area (Å²) in [6, 6.07) is 15.7. The molecule has 4 aliphatic rings. The van der Waals surface area contributed by atoms with Gasteiger partial charge in [0.15, 0.2) is 0 Å². The number of hydrogen-bond donors (Lipinski definition) is 2. The summed E-state index contributed by atoms with van der Waals surface area (Å²) in [5, 5.41) is 3.64. The van der Waals surface area contributed by atoms with E-state index in [1.807, 2.05) is 12.1 Å². The van der Waals surface area contributed by atoms with Gasteiger partial charge in [-0.3, -0.25) is 14.5 Å². The molecule has 1 saturated carbocycles. The first-order valence-electron chi connectivity index (χ1n) is 13.9. The summed E-state index contributed by atoms with van der Waals surface area (Å²) in [7, 11) is 0. The fourth-order valence-corrected chi connectivity index (χ4v) is 8.10. The van der Waals surface area contributed by atoms with Crippen molar-refractivity contribution >= 4 is 51.7 Å². The SMILES string of the molecule is NC(=O)c1ccc2c(c1)nc1n2CC[C@H]2[C@@H]1[C@H](c1cccc(Cl)c1F)[C@]1(C(=O)Nc3cc(Cl)ccc31)N2CC1CC1. The number of aromatic nitrogens is 2. The lowest BCUT2D eigenvalue weighted by atomic mass is 9.70. The Hall–Kier alpha value is -3.46. The maximum absolute atomic E-state index is 16.2. The van der Waals surface area contributed by atoms with Gasteiger partial charge in [-0.05, 0) is 67.1 Å². The zero-order valence-electron chi connectivity index (χ0n) is 21.9. The van der Waals surface area contributed by atoms with Crippen LogP contribution in [0.1, 0.15) is 58.4 Å². The number of primary amides is 1. The summed E-state index contributed by atoms with van der Waals surface area (Å²) in [5.41, 5.74) is 8.13. The zero-order chi connectivity index (χ0) is 28.2. The van der Waals surface area contributed by atoms with Crippen molar-refractivity contribution in [3.05, 3.63) is 93.0 Å². The van der Waals surface area contributed by atoms with Crippen LogP contribution in [0.15, 0.2) is 54.6 Å². The van der Waals surface area contributed by atoms with E-state index in [2.05, 4.69) is 14.8 Å². The minimum Gasteiger partial charge on any atom is -0.366 e. The van der Waals surface area contributed by atoms with Gasteiger partial charge in [-0.1, -0.05) is 41.4 Å². The van der Waals surface area contributed by atoms with Crippen molar-refractivity contribution in [2.45, 2.75) is 49.2 Å². The Morgan fingerprint density at radius 3 is 2.73 bits per heavy atom. The Labute approximate surface area is 245 Å². The molecule has 3 N–H and O–H groups in total. The maximum Gasteiger partial charge on any atom is 0.250 e. The number of likely N-dealkylation sites (tertiary alicyclic amines) is 1. The molecule has 2 amide bonds. The van der Waals surface area contributed by atoms with E-state index >= 15 is 4.39 Å². The van der Waals surface area contributed by atoms with E-state index in [9.17, 15) is 9.59 Å². The van der Waals surface area contributed by atoms with Gasteiger partial charge < -0.3 is 15.6 Å². The van der Waals surface area contributed by atoms with E-state index in [1.165, 1.54) is 6.07 Å². The Bertz CT molecular complexity index is 1800. The highest BCUT2D eigenvalue weighted by Crippen LogP contribution is 2.64. The molecule has 0 radical (unpaired) electrons. The van der Waals surface area contributed by atoms with Gasteiger partial charge in [-0.2, -0.15) is 0 Å². The largest absolute Gasteiger partial charge is 0.366 e. The van der Waals surface area contributed by atoms with Crippen molar-refractivity contribution in [1.82, 2.24) is 14.5 Å². The third-order valence-electron chi connectivity index (χ3n) is 9.54. The Morgan fingerprint density at radius 2 is 1.95 bits per heavy atom. The number of carbonyl (C=O) groups excluding carboxylic acids is 2. The number of amides is 2. The van der Waals surface area contributed by atoms with Gasteiger partial charge in [0.2, 0.25) is 11.8 Å². The Balaban J connectivity index is 1.43. The summed E-state index contributed by atoms with van der Waals surface area (Å²) < 4.78 is 18.3. The normalized spacial score (nSPS) is 26.7. The molecule has 4 aromatic rings. The van der Waals surface area contributed by atoms with Gasteiger partial charge in [-0.25, -0.2) is 9.37 Å². The van der Waals surface area contributed by atoms with Crippen molar-refractivity contribution in [1.29, 1.82) is 0 Å². The molecule has 7 nitrogen and oxygen atoms in total. The number of nitrogens with zero attached hydrogens (tertiary/aromatic N) is 3. The minimum atomic E-state index is -1.19. The molecule has 0 bridgehead atoms. The number of hydrogen-bond acceptors (Lipinski definition) is 4. The standard InChI is InChI=1S/C31H26Cl2FN5O2/c32-17-7-8-19-21(13-17)37-30(41)31(19)26(18-2-1-3-20(33)27(18)34)25-24(39(31)14-15-4-5-15)10-11-38-23-9-6-16(28(35)40)12-22(23)36-29(25)38/h1-3,6-9,12-13,15,24-26H,4-5,10-11,14H2,(H2,35,40)(H,37,41)/t24-,25+,26-,31+/m0/s1. The number of halogens is 3. The van der Waals surface area contributed by atoms with Gasteiger partial charge >= 0.3 is 0 Å². The molecule has 3 aliphatic heterocycles. The maximum atomic E-state index is 16.2. The average Bonchev–Trinajstić information content (AvgIpc) is 3.53. The fraction of sp³-hybridized carbons (Fsp3) is 0.323. The van der Waals surface area contributed by atoms with E-state index in [1.54, 1.807) is 36.4 Å². The smallest absolute Gasteiger partial charge is 0.250 e. The molecule has 8 rings (SSSR count). The van der Waals surface area contributed by atoms with Crippen molar-refractivity contribution in [3.8, 4) is 0 Å². The van der Waals surface area contributed by atoms with Crippen molar-refractivity contribution in [2.75, 3.05) is 11.9 Å². The third kappa shape index (κ3) is 3.44. The second-order valence-corrected chi connectivity index (χ2v) is 12.5. The van der Waals surface area contributed by atoms with E-state index in [0.29, 0.717) is 39.8 Å². The van der Waals surface area contributed by atoms with Gasteiger partial charge in [-0.15, -0.1) is 0 Å². The van der Waals surface area contributed by atoms with Crippen LogP contribution in [-0.4, -0.2) is 38.9 Å². The predicted molar refractivity (Wildman–Crippen MR) is 155 cm³/mol. The van der Waals surface area contributed by atoms with Gasteiger partial charge in [0.05, 0.1) is 16.1 Å². The molecule has 0 unspecified atom stereocenters. The number of benzene rings is 3. The monoisotopic (exact) mass is 589 g/mol. The molecule has 3 aromatic carbocycles. The zero-order valence-corrected chi connectivity index (χ0v) is 23.4. The molecular weight excluding hydrogens is 564 g/mol. The van der Waals surface area contributed by atoms with Crippen LogP contribution in [0.4, 0.5) is 10.1 Å². The lowest BCUT2D eigenvalue weighted by molar-refractivity contribution is -0.128. The number of aryl methyl sites for hydroxylation is 1. The fourth-order valence-electron chi connectivity index (χ4n) is 7.75. The first-order valence-corrected chi connectivity index (χ1v) is 14.7. The minimum absolute atomic E-state index is 0.0139. The highest BCUT2D eigenvalue weighted by molar-refractivity contribution is 6.31. The summed E-state index contributed by atoms with van der Waals surface area (Å²) in [4.78, 5) is 33.8. The number of anilines is 1. The first kappa shape index (κ1) is 25.3. The number of imidazole rings is 1. The quantitative estimate of drug-likeness (QED) is 0.315. The van der Waals surface area contributed by atoms with E-state index < -0.39 is 23.2 Å². The third-order valence-corrected chi connectivity index (χ3v) is 10.1. The molecule has 41 heavy (non-hydrogen) atoms. The predicted octanol–water partition coefficient (Wildman–Crippen LogP) is 5.79. The van der Waals surface area contributed by atoms with Crippen LogP contribution in [0.25, 0.3) is 11.0 Å². The Morgan fingerprint density at radius 1 is 1.12 bits per heavy atom. The van der Waals surface area contributed by atoms with Crippen molar-refractivity contribution in [3.63, 3.8) is 0 Å². The van der Waals surface area contributed by atoms with E-state index in [0.717, 1.165) is 42.7 Å². The van der Waals surface area contributed by atoms with Crippen molar-refractivity contribution < 1.29 is 14.0 Å². The number of fused-ring (bicyclic) bond motifs is 7. The lowest BCUT2D eigenvalue weighted by Crippen LogP contribution is -2.53. The summed E-state index contributed by atoms with van der Waals surface area (Å²) >= 11 is 12.8. The highest BCUT2D eigenvalue weighted by atomic mass is 35.5. The topological polar surface area (TPSA) is 93.2 Å². The number of nitrogens with two attached hydrogens (primary N) is 1. The number of rotatable bonds is 4. The Kier molecular flexibility index (Phi) is 5.40. The molecule has 1 aromatic heterocycles. The average molecular weight is 590 g/mol. The van der Waals surface area contributed by atoms with Crippen molar-refractivity contribution in [2.24, 2.45) is 11.7 Å². The van der Waals surface area contributed by atoms with E-state index in [-0.39, 0.29) is 22.9 Å². The summed E-state index contributed by atoms with van der Waals surface area (Å²) in [5.74, 6) is -0.944. The molecule has 4 heterocycles. The number of carbonyl (C=O) groups is 2. The highest BCUT2D eigenvalue weighted by Gasteiger charge is 2.69. The molecule has 208 valence electrons. The van der Waals surface area contributed by atoms with Gasteiger partial charge in [0.1, 0.15) is 17.2 Å². The second kappa shape index (κ2) is 8.77. The first-order chi connectivity index (χ1) is 19.8. The molecule has 10 heteroatoms. The summed E-state index contributed by atoms with van der Waals surface area (Å²) in [6.45, 7) is 1.40.